The first kappa shape index (κ1) is 26.5. The monoisotopic (exact) mass is 499 g/mol. The van der Waals surface area contributed by atoms with Crippen molar-refractivity contribution in [2.45, 2.75) is 33.3 Å². The van der Waals surface area contributed by atoms with Crippen LogP contribution in [-0.2, 0) is 4.65 Å². The molecule has 1 aromatic heterocycles. The number of nitrogens with one attached hydrogen (secondary N) is 1. The molecule has 37 heavy (non-hydrogen) atoms. The molecule has 5 nitrogen and oxygen atoms in total. The van der Waals surface area contributed by atoms with Crippen molar-refractivity contribution in [2.75, 3.05) is 26.0 Å². The molecule has 0 aliphatic carbocycles. The number of rotatable bonds is 8. The van der Waals surface area contributed by atoms with Gasteiger partial charge in [0.05, 0.1) is 5.56 Å². The minimum absolute atomic E-state index is 0.270. The number of amides is 1. The van der Waals surface area contributed by atoms with Gasteiger partial charge in [0.1, 0.15) is 17.2 Å². The number of benzene rings is 3. The molecule has 4 aromatic rings. The number of furan rings is 1. The number of nitrogens with zero attached hydrogens (tertiary/aromatic N) is 1. The molecule has 0 unspecified atom stereocenters. The molecule has 0 bridgehead atoms. The van der Waals surface area contributed by atoms with Crippen LogP contribution in [0.15, 0.2) is 65.1 Å². The predicted octanol–water partition coefficient (Wildman–Crippen LogP) is 6.03. The van der Waals surface area contributed by atoms with Crippen LogP contribution in [0.1, 0.15) is 38.1 Å². The second kappa shape index (κ2) is 10.4. The Morgan fingerprint density at radius 3 is 2.38 bits per heavy atom. The van der Waals surface area contributed by atoms with Gasteiger partial charge < -0.3 is 19.3 Å². The summed E-state index contributed by atoms with van der Waals surface area (Å²) in [4.78, 5) is 15.0. The molecule has 1 heterocycles. The fraction of sp³-hybridized carbons (Fsp3) is 0.300. The van der Waals surface area contributed by atoms with E-state index in [4.69, 9.17) is 9.07 Å². The van der Waals surface area contributed by atoms with Crippen molar-refractivity contribution in [3.8, 4) is 22.5 Å². The van der Waals surface area contributed by atoms with E-state index in [1.165, 1.54) is 12.1 Å². The summed E-state index contributed by atoms with van der Waals surface area (Å²) in [6, 6.07) is 18.0. The highest BCUT2D eigenvalue weighted by molar-refractivity contribution is 6.47. The predicted molar refractivity (Wildman–Crippen MR) is 150 cm³/mol. The average Bonchev–Trinajstić information content (AvgIpc) is 3.25. The number of fused-ring (bicyclic) bond motifs is 1. The Morgan fingerprint density at radius 2 is 1.76 bits per heavy atom. The van der Waals surface area contributed by atoms with Crippen molar-refractivity contribution in [2.24, 2.45) is 5.92 Å². The molecule has 1 N–H and O–H groups in total. The lowest BCUT2D eigenvalue weighted by molar-refractivity contribution is 0.0668. The lowest BCUT2D eigenvalue weighted by Crippen LogP contribution is -2.36. The molecule has 0 saturated heterocycles. The SMILES string of the molecule is CNC(=O)c1c(-c2ccc(F)cc2)oc2cc(N(C)C)c(-c3cccc([B]OC(C)(C)C(C)C)c3)cc12. The summed E-state index contributed by atoms with van der Waals surface area (Å²) in [6.45, 7) is 8.43. The van der Waals surface area contributed by atoms with Crippen molar-refractivity contribution in [3.63, 3.8) is 0 Å². The van der Waals surface area contributed by atoms with E-state index in [1.54, 1.807) is 26.7 Å². The number of halogens is 1. The number of carbonyl (C=O) groups excluding carboxylic acids is 1. The second-order valence-electron chi connectivity index (χ2n) is 10.3. The Morgan fingerprint density at radius 1 is 1.05 bits per heavy atom. The van der Waals surface area contributed by atoms with Crippen LogP contribution in [0.3, 0.4) is 0 Å². The van der Waals surface area contributed by atoms with Gasteiger partial charge in [0.25, 0.3) is 5.91 Å². The lowest BCUT2D eigenvalue weighted by Gasteiger charge is -2.30. The van der Waals surface area contributed by atoms with Gasteiger partial charge in [-0.1, -0.05) is 43.6 Å². The van der Waals surface area contributed by atoms with Crippen molar-refractivity contribution < 1.29 is 18.3 Å². The second-order valence-corrected chi connectivity index (χ2v) is 10.3. The van der Waals surface area contributed by atoms with E-state index in [0.29, 0.717) is 33.8 Å². The van der Waals surface area contributed by atoms with Gasteiger partial charge in [0.2, 0.25) is 0 Å². The standard InChI is InChI=1S/C30H33BFN2O3/c1-18(2)30(3,4)37-31-21-10-8-9-20(15-21)23-16-24-26(17-25(23)34(6)7)36-28(27(24)29(35)33-5)19-11-13-22(32)14-12-19/h8-18H,1-7H3,(H,33,35). The highest BCUT2D eigenvalue weighted by atomic mass is 19.1. The number of carbonyl (C=O) groups is 1. The molecule has 4 rings (SSSR count). The van der Waals surface area contributed by atoms with Gasteiger partial charge in [-0.25, -0.2) is 4.39 Å². The molecular weight excluding hydrogens is 466 g/mol. The third-order valence-electron chi connectivity index (χ3n) is 6.94. The molecule has 0 saturated carbocycles. The van der Waals surface area contributed by atoms with Gasteiger partial charge >= 0.3 is 7.48 Å². The summed E-state index contributed by atoms with van der Waals surface area (Å²) in [5.74, 6) is 0.140. The maximum absolute atomic E-state index is 13.6. The van der Waals surface area contributed by atoms with E-state index in [-0.39, 0.29) is 17.3 Å². The van der Waals surface area contributed by atoms with Crippen LogP contribution < -0.4 is 15.7 Å². The molecule has 0 atom stereocenters. The van der Waals surface area contributed by atoms with Gasteiger partial charge in [-0.3, -0.25) is 4.79 Å². The molecule has 0 aliphatic heterocycles. The van der Waals surface area contributed by atoms with Gasteiger partial charge in [-0.15, -0.1) is 0 Å². The number of hydrogen-bond donors (Lipinski definition) is 1. The summed E-state index contributed by atoms with van der Waals surface area (Å²) < 4.78 is 25.9. The average molecular weight is 499 g/mol. The summed E-state index contributed by atoms with van der Waals surface area (Å²) in [6.07, 6.45) is 0. The number of anilines is 1. The van der Waals surface area contributed by atoms with Gasteiger partial charge in [0, 0.05) is 55.0 Å². The third kappa shape index (κ3) is 5.42. The fourth-order valence-corrected chi connectivity index (χ4v) is 4.02. The van der Waals surface area contributed by atoms with Crippen LogP contribution in [-0.4, -0.2) is 40.1 Å². The van der Waals surface area contributed by atoms with Gasteiger partial charge in [-0.2, -0.15) is 0 Å². The van der Waals surface area contributed by atoms with Gasteiger partial charge in [-0.05, 0) is 55.7 Å². The van der Waals surface area contributed by atoms with Crippen LogP contribution >= 0.6 is 0 Å². The quantitative estimate of drug-likeness (QED) is 0.301. The van der Waals surface area contributed by atoms with Crippen molar-refractivity contribution in [1.82, 2.24) is 5.32 Å². The van der Waals surface area contributed by atoms with Crippen molar-refractivity contribution >= 4 is 35.5 Å². The zero-order valence-electron chi connectivity index (χ0n) is 22.5. The fourth-order valence-electron chi connectivity index (χ4n) is 4.02. The third-order valence-corrected chi connectivity index (χ3v) is 6.94. The van der Waals surface area contributed by atoms with Gasteiger partial charge in [0.15, 0.2) is 0 Å². The first-order chi connectivity index (χ1) is 17.5. The molecule has 0 spiro atoms. The molecule has 3 aromatic carbocycles. The topological polar surface area (TPSA) is 54.7 Å². The Labute approximate surface area is 218 Å². The summed E-state index contributed by atoms with van der Waals surface area (Å²) in [7, 11) is 7.33. The first-order valence-corrected chi connectivity index (χ1v) is 12.4. The highest BCUT2D eigenvalue weighted by Gasteiger charge is 2.25. The summed E-state index contributed by atoms with van der Waals surface area (Å²) >= 11 is 0. The minimum Gasteiger partial charge on any atom is -0.455 e. The van der Waals surface area contributed by atoms with Crippen LogP contribution in [0.2, 0.25) is 0 Å². The zero-order valence-corrected chi connectivity index (χ0v) is 22.5. The molecule has 1 radical (unpaired) electrons. The Balaban J connectivity index is 1.86. The highest BCUT2D eigenvalue weighted by Crippen LogP contribution is 2.40. The van der Waals surface area contributed by atoms with E-state index < -0.39 is 0 Å². The molecule has 0 aliphatic rings. The van der Waals surface area contributed by atoms with Crippen molar-refractivity contribution in [3.05, 3.63) is 72.0 Å². The van der Waals surface area contributed by atoms with Crippen LogP contribution in [0.5, 0.6) is 0 Å². The summed E-state index contributed by atoms with van der Waals surface area (Å²) in [5.41, 5.74) is 5.16. The van der Waals surface area contributed by atoms with E-state index >= 15 is 0 Å². The molecule has 0 fully saturated rings. The van der Waals surface area contributed by atoms with Crippen LogP contribution in [0, 0.1) is 11.7 Å². The minimum atomic E-state index is -0.351. The van der Waals surface area contributed by atoms with E-state index in [2.05, 4.69) is 39.1 Å². The molecular formula is C30H33BFN2O3. The lowest BCUT2D eigenvalue weighted by atomic mass is 9.83. The smallest absolute Gasteiger partial charge is 0.330 e. The largest absolute Gasteiger partial charge is 0.455 e. The Hall–Kier alpha value is -3.58. The Kier molecular flexibility index (Phi) is 7.46. The zero-order chi connectivity index (χ0) is 26.9. The maximum Gasteiger partial charge on any atom is 0.330 e. The first-order valence-electron chi connectivity index (χ1n) is 12.4. The number of hydrogen-bond acceptors (Lipinski definition) is 4. The van der Waals surface area contributed by atoms with Crippen LogP contribution in [0.25, 0.3) is 33.4 Å². The van der Waals surface area contributed by atoms with E-state index in [9.17, 15) is 9.18 Å². The van der Waals surface area contributed by atoms with E-state index in [0.717, 1.165) is 22.3 Å². The summed E-state index contributed by atoms with van der Waals surface area (Å²) in [5, 5.41) is 3.41. The molecule has 1 amide bonds. The normalized spacial score (nSPS) is 11.7. The maximum atomic E-state index is 13.6. The Bertz CT molecular complexity index is 1430. The van der Waals surface area contributed by atoms with Crippen molar-refractivity contribution in [1.29, 1.82) is 0 Å². The van der Waals surface area contributed by atoms with E-state index in [1.807, 2.05) is 49.3 Å². The molecule has 7 heteroatoms. The van der Waals surface area contributed by atoms with Crippen LogP contribution in [0.4, 0.5) is 10.1 Å². The molecule has 191 valence electrons.